The van der Waals surface area contributed by atoms with Gasteiger partial charge in [0.15, 0.2) is 0 Å². The zero-order valence-corrected chi connectivity index (χ0v) is 11.1. The van der Waals surface area contributed by atoms with Crippen molar-refractivity contribution in [3.8, 4) is 0 Å². The molecule has 0 amide bonds. The fraction of sp³-hybridized carbons (Fsp3) is 0.286. The minimum absolute atomic E-state index is 0.0184. The summed E-state index contributed by atoms with van der Waals surface area (Å²) in [6, 6.07) is 8.12. The summed E-state index contributed by atoms with van der Waals surface area (Å²) in [5, 5.41) is 5.71. The molecule has 0 atom stereocenters. The molecule has 5 heteroatoms. The van der Waals surface area contributed by atoms with Gasteiger partial charge in [-0.1, -0.05) is 18.2 Å². The third-order valence-electron chi connectivity index (χ3n) is 3.37. The number of aromatic nitrogens is 4. The lowest BCUT2D eigenvalue weighted by atomic mass is 10.2. The van der Waals surface area contributed by atoms with Crippen LogP contribution in [0, 0.1) is 0 Å². The number of hydrogen-bond acceptors (Lipinski definition) is 2. The SMILES string of the molecule is CCn1nc(Cn2ccn(C)c2=O)c2ccccc21. The average Bonchev–Trinajstić information content (AvgIpc) is 2.95. The van der Waals surface area contributed by atoms with E-state index < -0.39 is 0 Å². The topological polar surface area (TPSA) is 44.8 Å². The van der Waals surface area contributed by atoms with Gasteiger partial charge < -0.3 is 4.57 Å². The molecule has 0 N–H and O–H groups in total. The van der Waals surface area contributed by atoms with Gasteiger partial charge in [-0.15, -0.1) is 0 Å². The molecule has 0 aliphatic heterocycles. The average molecular weight is 256 g/mol. The van der Waals surface area contributed by atoms with Crippen LogP contribution in [0.25, 0.3) is 10.9 Å². The van der Waals surface area contributed by atoms with Gasteiger partial charge in [0.05, 0.1) is 17.8 Å². The maximum Gasteiger partial charge on any atom is 0.328 e. The molecule has 0 unspecified atom stereocenters. The molecule has 5 nitrogen and oxygen atoms in total. The maximum absolute atomic E-state index is 11.9. The highest BCUT2D eigenvalue weighted by molar-refractivity contribution is 5.81. The molecule has 3 aromatic rings. The zero-order chi connectivity index (χ0) is 13.4. The van der Waals surface area contributed by atoms with Crippen LogP contribution in [0.3, 0.4) is 0 Å². The molecule has 1 aromatic carbocycles. The molecule has 0 aliphatic rings. The van der Waals surface area contributed by atoms with Crippen LogP contribution in [0.15, 0.2) is 41.5 Å². The van der Waals surface area contributed by atoms with Crippen molar-refractivity contribution in [2.24, 2.45) is 7.05 Å². The van der Waals surface area contributed by atoms with Crippen LogP contribution in [0.4, 0.5) is 0 Å². The summed E-state index contributed by atoms with van der Waals surface area (Å²) in [5.41, 5.74) is 2.03. The molecule has 0 aliphatic carbocycles. The first-order valence-electron chi connectivity index (χ1n) is 6.37. The molecule has 3 rings (SSSR count). The number of rotatable bonds is 3. The quantitative estimate of drug-likeness (QED) is 0.714. The molecule has 0 saturated heterocycles. The molecule has 19 heavy (non-hydrogen) atoms. The molecular weight excluding hydrogens is 240 g/mol. The minimum Gasteiger partial charge on any atom is -0.302 e. The summed E-state index contributed by atoms with van der Waals surface area (Å²) in [6.45, 7) is 3.40. The molecule has 2 heterocycles. The van der Waals surface area contributed by atoms with E-state index in [0.717, 1.165) is 23.1 Å². The largest absolute Gasteiger partial charge is 0.328 e. The number of fused-ring (bicyclic) bond motifs is 1. The fourth-order valence-corrected chi connectivity index (χ4v) is 2.35. The molecule has 0 radical (unpaired) electrons. The Morgan fingerprint density at radius 3 is 2.68 bits per heavy atom. The van der Waals surface area contributed by atoms with Crippen LogP contribution in [0.2, 0.25) is 0 Å². The van der Waals surface area contributed by atoms with E-state index in [4.69, 9.17) is 0 Å². The number of para-hydroxylation sites is 1. The van der Waals surface area contributed by atoms with E-state index in [9.17, 15) is 4.79 Å². The standard InChI is InChI=1S/C14H16N4O/c1-3-18-13-7-5-4-6-11(13)12(15-18)10-17-9-8-16(2)14(17)19/h4-9H,3,10H2,1-2H3. The summed E-state index contributed by atoms with van der Waals surface area (Å²) in [7, 11) is 1.75. The summed E-state index contributed by atoms with van der Waals surface area (Å²) in [5.74, 6) is 0. The molecule has 0 fully saturated rings. The minimum atomic E-state index is -0.0184. The second-order valence-corrected chi connectivity index (χ2v) is 4.60. The summed E-state index contributed by atoms with van der Waals surface area (Å²) >= 11 is 0. The number of hydrogen-bond donors (Lipinski definition) is 0. The Hall–Kier alpha value is -2.30. The van der Waals surface area contributed by atoms with Crippen LogP contribution in [0.1, 0.15) is 12.6 Å². The number of benzene rings is 1. The van der Waals surface area contributed by atoms with Gasteiger partial charge in [0.25, 0.3) is 0 Å². The van der Waals surface area contributed by atoms with Crippen molar-refractivity contribution in [2.75, 3.05) is 0 Å². The van der Waals surface area contributed by atoms with E-state index in [1.807, 2.05) is 16.8 Å². The third-order valence-corrected chi connectivity index (χ3v) is 3.37. The van der Waals surface area contributed by atoms with E-state index in [0.29, 0.717) is 6.54 Å². The van der Waals surface area contributed by atoms with Crippen LogP contribution in [-0.2, 0) is 20.1 Å². The highest BCUT2D eigenvalue weighted by Gasteiger charge is 2.10. The van der Waals surface area contributed by atoms with Gasteiger partial charge in [0, 0.05) is 31.4 Å². The van der Waals surface area contributed by atoms with Crippen LogP contribution in [0.5, 0.6) is 0 Å². The lowest BCUT2D eigenvalue weighted by Crippen LogP contribution is -2.22. The lowest BCUT2D eigenvalue weighted by molar-refractivity contribution is 0.642. The second-order valence-electron chi connectivity index (χ2n) is 4.60. The van der Waals surface area contributed by atoms with Gasteiger partial charge in [-0.05, 0) is 13.0 Å². The summed E-state index contributed by atoms with van der Waals surface area (Å²) in [4.78, 5) is 11.9. The normalized spacial score (nSPS) is 11.3. The van der Waals surface area contributed by atoms with Crippen LogP contribution in [-0.4, -0.2) is 18.9 Å². The highest BCUT2D eigenvalue weighted by Crippen LogP contribution is 2.18. The Bertz CT molecular complexity index is 778. The van der Waals surface area contributed by atoms with Gasteiger partial charge >= 0.3 is 5.69 Å². The first-order chi connectivity index (χ1) is 9.20. The first kappa shape index (κ1) is 11.8. The van der Waals surface area contributed by atoms with Gasteiger partial charge in [0.1, 0.15) is 0 Å². The van der Waals surface area contributed by atoms with Gasteiger partial charge in [-0.2, -0.15) is 5.10 Å². The number of imidazole rings is 1. The number of aryl methyl sites for hydroxylation is 2. The lowest BCUT2D eigenvalue weighted by Gasteiger charge is -1.98. The summed E-state index contributed by atoms with van der Waals surface area (Å²) < 4.78 is 5.21. The molecular formula is C14H16N4O. The van der Waals surface area contributed by atoms with Gasteiger partial charge in [-0.3, -0.25) is 9.25 Å². The molecule has 0 saturated carbocycles. The molecule has 98 valence electrons. The zero-order valence-electron chi connectivity index (χ0n) is 11.1. The van der Waals surface area contributed by atoms with Crippen molar-refractivity contribution in [1.82, 2.24) is 18.9 Å². The summed E-state index contributed by atoms with van der Waals surface area (Å²) in [6.07, 6.45) is 3.56. The van der Waals surface area contributed by atoms with E-state index in [1.54, 1.807) is 28.6 Å². The second kappa shape index (κ2) is 4.42. The molecule has 2 aromatic heterocycles. The Morgan fingerprint density at radius 2 is 2.00 bits per heavy atom. The van der Waals surface area contributed by atoms with E-state index in [2.05, 4.69) is 24.2 Å². The molecule has 0 bridgehead atoms. The van der Waals surface area contributed by atoms with E-state index in [1.165, 1.54) is 0 Å². The van der Waals surface area contributed by atoms with Crippen LogP contribution < -0.4 is 5.69 Å². The van der Waals surface area contributed by atoms with Crippen molar-refractivity contribution >= 4 is 10.9 Å². The fourth-order valence-electron chi connectivity index (χ4n) is 2.35. The van der Waals surface area contributed by atoms with Crippen molar-refractivity contribution in [3.63, 3.8) is 0 Å². The predicted octanol–water partition coefficient (Wildman–Crippen LogP) is 1.60. The van der Waals surface area contributed by atoms with Crippen molar-refractivity contribution in [1.29, 1.82) is 0 Å². The van der Waals surface area contributed by atoms with Crippen molar-refractivity contribution in [3.05, 3.63) is 52.8 Å². The highest BCUT2D eigenvalue weighted by atomic mass is 16.1. The van der Waals surface area contributed by atoms with Crippen LogP contribution >= 0.6 is 0 Å². The Kier molecular flexibility index (Phi) is 2.74. The Morgan fingerprint density at radius 1 is 1.21 bits per heavy atom. The van der Waals surface area contributed by atoms with Gasteiger partial charge in [0.2, 0.25) is 0 Å². The van der Waals surface area contributed by atoms with Gasteiger partial charge in [-0.25, -0.2) is 4.79 Å². The predicted molar refractivity (Wildman–Crippen MR) is 74.2 cm³/mol. The maximum atomic E-state index is 11.9. The Labute approximate surface area is 110 Å². The van der Waals surface area contributed by atoms with Crippen molar-refractivity contribution < 1.29 is 0 Å². The third kappa shape index (κ3) is 1.87. The van der Waals surface area contributed by atoms with E-state index >= 15 is 0 Å². The van der Waals surface area contributed by atoms with Crippen molar-refractivity contribution in [2.45, 2.75) is 20.0 Å². The number of nitrogens with zero attached hydrogens (tertiary/aromatic N) is 4. The first-order valence-corrected chi connectivity index (χ1v) is 6.37. The smallest absolute Gasteiger partial charge is 0.302 e. The Balaban J connectivity index is 2.11. The van der Waals surface area contributed by atoms with E-state index in [-0.39, 0.29) is 5.69 Å². The molecule has 0 spiro atoms. The monoisotopic (exact) mass is 256 g/mol.